The highest BCUT2D eigenvalue weighted by molar-refractivity contribution is 5.96. The van der Waals surface area contributed by atoms with Crippen LogP contribution in [0.4, 0.5) is 5.82 Å². The van der Waals surface area contributed by atoms with Crippen LogP contribution in [0.25, 0.3) is 0 Å². The summed E-state index contributed by atoms with van der Waals surface area (Å²) < 4.78 is 12.3. The van der Waals surface area contributed by atoms with Gasteiger partial charge in [-0.15, -0.1) is 0 Å². The molecule has 2 aromatic heterocycles. The highest BCUT2D eigenvalue weighted by Gasteiger charge is 2.27. The van der Waals surface area contributed by atoms with Crippen molar-refractivity contribution >= 4 is 17.7 Å². The molecule has 1 aliphatic rings. The zero-order chi connectivity index (χ0) is 21.1. The summed E-state index contributed by atoms with van der Waals surface area (Å²) in [5.41, 5.74) is 3.06. The summed E-state index contributed by atoms with van der Waals surface area (Å²) in [6.45, 7) is 6.88. The standard InChI is InChI=1S/C21H26N4O4/c1-5-17-19(14(4)29-24-17)21(27)28-11-18(26)23-20-16(10-22)12(2)13(3)25(20)15-8-6-7-9-15/h15H,5-9,11H2,1-4H3,(H,23,26). The van der Waals surface area contributed by atoms with Crippen molar-refractivity contribution in [3.05, 3.63) is 33.8 Å². The van der Waals surface area contributed by atoms with Gasteiger partial charge in [0, 0.05) is 11.7 Å². The van der Waals surface area contributed by atoms with Crippen molar-refractivity contribution in [2.24, 2.45) is 0 Å². The third-order valence-electron chi connectivity index (χ3n) is 5.62. The summed E-state index contributed by atoms with van der Waals surface area (Å²) >= 11 is 0. The van der Waals surface area contributed by atoms with Gasteiger partial charge in [-0.05, 0) is 45.6 Å². The molecule has 1 aliphatic carbocycles. The zero-order valence-electron chi connectivity index (χ0n) is 17.3. The number of carbonyl (C=O) groups is 2. The summed E-state index contributed by atoms with van der Waals surface area (Å²) in [5, 5.41) is 16.2. The maximum absolute atomic E-state index is 12.5. The van der Waals surface area contributed by atoms with Gasteiger partial charge in [0.15, 0.2) is 6.61 Å². The lowest BCUT2D eigenvalue weighted by atomic mass is 10.1. The minimum Gasteiger partial charge on any atom is -0.452 e. The Labute approximate surface area is 169 Å². The molecule has 1 fully saturated rings. The Bertz CT molecular complexity index is 974. The molecule has 0 atom stereocenters. The van der Waals surface area contributed by atoms with E-state index in [0.717, 1.165) is 36.9 Å². The molecule has 1 saturated carbocycles. The van der Waals surface area contributed by atoms with Crippen LogP contribution >= 0.6 is 0 Å². The van der Waals surface area contributed by atoms with Crippen LogP contribution in [0.3, 0.4) is 0 Å². The Morgan fingerprint density at radius 1 is 1.31 bits per heavy atom. The predicted molar refractivity (Wildman–Crippen MR) is 106 cm³/mol. The van der Waals surface area contributed by atoms with E-state index in [1.807, 2.05) is 20.8 Å². The van der Waals surface area contributed by atoms with Gasteiger partial charge in [-0.2, -0.15) is 5.26 Å². The highest BCUT2D eigenvalue weighted by atomic mass is 16.5. The van der Waals surface area contributed by atoms with Gasteiger partial charge >= 0.3 is 5.97 Å². The number of esters is 1. The van der Waals surface area contributed by atoms with Crippen molar-refractivity contribution in [2.45, 2.75) is 65.8 Å². The first-order valence-corrected chi connectivity index (χ1v) is 9.92. The number of amides is 1. The number of hydrogen-bond donors (Lipinski definition) is 1. The molecule has 0 saturated heterocycles. The van der Waals surface area contributed by atoms with Gasteiger partial charge < -0.3 is 19.1 Å². The molecule has 0 unspecified atom stereocenters. The van der Waals surface area contributed by atoms with Gasteiger partial charge in [-0.3, -0.25) is 4.79 Å². The lowest BCUT2D eigenvalue weighted by molar-refractivity contribution is -0.119. The number of nitrogens with one attached hydrogen (secondary N) is 1. The number of carbonyl (C=O) groups excluding carboxylic acids is 2. The second-order valence-corrected chi connectivity index (χ2v) is 7.39. The number of hydrogen-bond acceptors (Lipinski definition) is 6. The van der Waals surface area contributed by atoms with Crippen molar-refractivity contribution in [2.75, 3.05) is 11.9 Å². The second kappa shape index (κ2) is 8.52. The van der Waals surface area contributed by atoms with Crippen LogP contribution in [0.1, 0.15) is 77.3 Å². The van der Waals surface area contributed by atoms with Crippen LogP contribution in [-0.4, -0.2) is 28.2 Å². The highest BCUT2D eigenvalue weighted by Crippen LogP contribution is 2.37. The first kappa shape index (κ1) is 20.6. The monoisotopic (exact) mass is 398 g/mol. The molecule has 2 heterocycles. The van der Waals surface area contributed by atoms with Crippen LogP contribution in [-0.2, 0) is 16.0 Å². The van der Waals surface area contributed by atoms with E-state index in [2.05, 4.69) is 21.1 Å². The molecule has 0 spiro atoms. The second-order valence-electron chi connectivity index (χ2n) is 7.39. The van der Waals surface area contributed by atoms with Gasteiger partial charge in [0.1, 0.15) is 23.2 Å². The average Bonchev–Trinajstić information content (AvgIpc) is 3.40. The number of rotatable bonds is 6. The Balaban J connectivity index is 1.75. The largest absolute Gasteiger partial charge is 0.452 e. The van der Waals surface area contributed by atoms with Crippen molar-refractivity contribution in [3.63, 3.8) is 0 Å². The quantitative estimate of drug-likeness (QED) is 0.742. The van der Waals surface area contributed by atoms with Gasteiger partial charge in [-0.1, -0.05) is 24.9 Å². The number of ether oxygens (including phenoxy) is 1. The number of nitriles is 1. The Kier molecular flexibility index (Phi) is 6.06. The molecule has 1 N–H and O–H groups in total. The number of nitrogens with zero attached hydrogens (tertiary/aromatic N) is 3. The molecular formula is C21H26N4O4. The molecule has 8 nitrogen and oxygen atoms in total. The van der Waals surface area contributed by atoms with E-state index in [0.29, 0.717) is 29.3 Å². The summed E-state index contributed by atoms with van der Waals surface area (Å²) in [6, 6.07) is 2.46. The SMILES string of the molecule is CCc1noc(C)c1C(=O)OCC(=O)Nc1c(C#N)c(C)c(C)n1C1CCCC1. The molecule has 8 heteroatoms. The lowest BCUT2D eigenvalue weighted by Crippen LogP contribution is -2.24. The van der Waals surface area contributed by atoms with Crippen LogP contribution in [0.5, 0.6) is 0 Å². The lowest BCUT2D eigenvalue weighted by Gasteiger charge is -2.19. The van der Waals surface area contributed by atoms with Gasteiger partial charge in [0.2, 0.25) is 0 Å². The molecule has 0 aliphatic heterocycles. The third-order valence-corrected chi connectivity index (χ3v) is 5.62. The van der Waals surface area contributed by atoms with E-state index in [1.165, 1.54) is 0 Å². The summed E-state index contributed by atoms with van der Waals surface area (Å²) in [4.78, 5) is 24.9. The maximum atomic E-state index is 12.5. The van der Waals surface area contributed by atoms with E-state index in [4.69, 9.17) is 9.26 Å². The molecule has 2 aromatic rings. The minimum absolute atomic E-state index is 0.263. The molecular weight excluding hydrogens is 372 g/mol. The Morgan fingerprint density at radius 2 is 2.00 bits per heavy atom. The van der Waals surface area contributed by atoms with E-state index in [-0.39, 0.29) is 11.6 Å². The first-order valence-electron chi connectivity index (χ1n) is 9.92. The topological polar surface area (TPSA) is 110 Å². The predicted octanol–water partition coefficient (Wildman–Crippen LogP) is 3.75. The molecule has 0 bridgehead atoms. The van der Waals surface area contributed by atoms with Gasteiger partial charge in [0.25, 0.3) is 5.91 Å². The fourth-order valence-corrected chi connectivity index (χ4v) is 4.00. The minimum atomic E-state index is -0.644. The average molecular weight is 398 g/mol. The van der Waals surface area contributed by atoms with Gasteiger partial charge in [0.05, 0.1) is 11.3 Å². The van der Waals surface area contributed by atoms with Crippen LogP contribution in [0, 0.1) is 32.1 Å². The molecule has 154 valence electrons. The Morgan fingerprint density at radius 3 is 2.62 bits per heavy atom. The third kappa shape index (κ3) is 3.90. The van der Waals surface area contributed by atoms with E-state index in [1.54, 1.807) is 6.92 Å². The molecule has 1 amide bonds. The normalized spacial score (nSPS) is 14.0. The van der Waals surface area contributed by atoms with Crippen molar-refractivity contribution in [1.29, 1.82) is 5.26 Å². The zero-order valence-corrected chi connectivity index (χ0v) is 17.3. The van der Waals surface area contributed by atoms with Crippen molar-refractivity contribution in [1.82, 2.24) is 9.72 Å². The first-order chi connectivity index (χ1) is 13.9. The van der Waals surface area contributed by atoms with Gasteiger partial charge in [-0.25, -0.2) is 4.79 Å². The molecule has 0 aromatic carbocycles. The number of aryl methyl sites for hydroxylation is 2. The molecule has 29 heavy (non-hydrogen) atoms. The smallest absolute Gasteiger partial charge is 0.344 e. The fraction of sp³-hybridized carbons (Fsp3) is 0.524. The summed E-state index contributed by atoms with van der Waals surface area (Å²) in [5.74, 6) is -0.278. The van der Waals surface area contributed by atoms with Crippen molar-refractivity contribution in [3.8, 4) is 6.07 Å². The van der Waals surface area contributed by atoms with Crippen molar-refractivity contribution < 1.29 is 18.8 Å². The number of anilines is 1. The summed E-state index contributed by atoms with van der Waals surface area (Å²) in [7, 11) is 0. The molecule has 0 radical (unpaired) electrons. The number of aromatic nitrogens is 2. The van der Waals surface area contributed by atoms with Crippen LogP contribution in [0.2, 0.25) is 0 Å². The maximum Gasteiger partial charge on any atom is 0.344 e. The van der Waals surface area contributed by atoms with E-state index < -0.39 is 18.5 Å². The fourth-order valence-electron chi connectivity index (χ4n) is 4.00. The van der Waals surface area contributed by atoms with E-state index in [9.17, 15) is 14.9 Å². The van der Waals surface area contributed by atoms with E-state index >= 15 is 0 Å². The summed E-state index contributed by atoms with van der Waals surface area (Å²) in [6.07, 6.45) is 4.82. The Hall–Kier alpha value is -3.08. The van der Waals surface area contributed by atoms with Crippen LogP contribution in [0.15, 0.2) is 4.52 Å². The molecule has 3 rings (SSSR count). The van der Waals surface area contributed by atoms with Crippen LogP contribution < -0.4 is 5.32 Å².